The molecule has 0 spiro atoms. The molecular weight excluding hydrogens is 420 g/mol. The Kier molecular flexibility index (Phi) is 6.03. The van der Waals surface area contributed by atoms with Crippen molar-refractivity contribution in [2.75, 3.05) is 17.9 Å². The molecule has 11 heteroatoms. The maximum Gasteiger partial charge on any atom is 0.271 e. The number of nitrogens with one attached hydrogen (secondary N) is 2. The lowest BCUT2D eigenvalue weighted by atomic mass is 10.3. The number of benzene rings is 1. The first-order valence-electron chi connectivity index (χ1n) is 9.49. The number of carbonyl (C=O) groups is 2. The van der Waals surface area contributed by atoms with Crippen LogP contribution in [0, 0.1) is 0 Å². The van der Waals surface area contributed by atoms with Crippen molar-refractivity contribution in [2.45, 2.75) is 24.9 Å². The average Bonchev–Trinajstić information content (AvgIpc) is 3.41. The highest BCUT2D eigenvalue weighted by molar-refractivity contribution is 7.99. The van der Waals surface area contributed by atoms with Gasteiger partial charge < -0.3 is 20.1 Å². The van der Waals surface area contributed by atoms with E-state index >= 15 is 0 Å². The van der Waals surface area contributed by atoms with E-state index < -0.39 is 0 Å². The zero-order valence-corrected chi connectivity index (χ0v) is 17.7. The van der Waals surface area contributed by atoms with Crippen LogP contribution < -0.4 is 20.1 Å². The molecule has 10 nitrogen and oxygen atoms in total. The van der Waals surface area contributed by atoms with Crippen LogP contribution in [0.25, 0.3) is 5.82 Å². The number of rotatable bonds is 7. The Balaban J connectivity index is 1.31. The molecule has 2 amide bonds. The Hall–Kier alpha value is -3.60. The number of anilines is 1. The summed E-state index contributed by atoms with van der Waals surface area (Å²) in [5.41, 5.74) is 0.933. The Morgan fingerprint density at radius 1 is 1.16 bits per heavy atom. The van der Waals surface area contributed by atoms with E-state index in [0.717, 1.165) is 0 Å². The fraction of sp³-hybridized carbons (Fsp3) is 0.250. The van der Waals surface area contributed by atoms with Crippen LogP contribution in [0.2, 0.25) is 0 Å². The van der Waals surface area contributed by atoms with E-state index in [1.807, 2.05) is 13.8 Å². The molecule has 160 valence electrons. The molecule has 2 aromatic heterocycles. The van der Waals surface area contributed by atoms with Crippen LogP contribution in [0.15, 0.2) is 47.9 Å². The number of hydrogen-bond acceptors (Lipinski definition) is 8. The largest absolute Gasteiger partial charge is 0.454 e. The van der Waals surface area contributed by atoms with Crippen molar-refractivity contribution in [3.63, 3.8) is 0 Å². The monoisotopic (exact) mass is 440 g/mol. The molecule has 0 saturated heterocycles. The summed E-state index contributed by atoms with van der Waals surface area (Å²) >= 11 is 1.26. The van der Waals surface area contributed by atoms with Gasteiger partial charge in [0, 0.05) is 24.0 Å². The highest BCUT2D eigenvalue weighted by atomic mass is 32.2. The Morgan fingerprint density at radius 3 is 2.77 bits per heavy atom. The Bertz CT molecular complexity index is 1100. The normalized spacial score (nSPS) is 12.1. The van der Waals surface area contributed by atoms with Gasteiger partial charge in [-0.3, -0.25) is 14.2 Å². The average molecular weight is 440 g/mol. The van der Waals surface area contributed by atoms with Gasteiger partial charge in [-0.1, -0.05) is 11.8 Å². The molecule has 0 aliphatic carbocycles. The molecular formula is C20H20N6O4S. The van der Waals surface area contributed by atoms with Crippen molar-refractivity contribution in [1.29, 1.82) is 0 Å². The molecule has 1 aliphatic heterocycles. The number of aromatic nitrogens is 4. The highest BCUT2D eigenvalue weighted by Gasteiger charge is 2.15. The fourth-order valence-corrected chi connectivity index (χ4v) is 3.35. The summed E-state index contributed by atoms with van der Waals surface area (Å²) in [5, 5.41) is 14.5. The molecule has 0 unspecified atom stereocenters. The summed E-state index contributed by atoms with van der Waals surface area (Å²) < 4.78 is 12.2. The van der Waals surface area contributed by atoms with E-state index in [1.54, 1.807) is 41.1 Å². The topological polar surface area (TPSA) is 120 Å². The van der Waals surface area contributed by atoms with Crippen molar-refractivity contribution in [3.05, 3.63) is 48.5 Å². The van der Waals surface area contributed by atoms with Gasteiger partial charge in [-0.25, -0.2) is 4.98 Å². The second-order valence-electron chi connectivity index (χ2n) is 6.93. The maximum atomic E-state index is 12.2. The summed E-state index contributed by atoms with van der Waals surface area (Å²) in [6.07, 6.45) is 3.10. The highest BCUT2D eigenvalue weighted by Crippen LogP contribution is 2.34. The summed E-state index contributed by atoms with van der Waals surface area (Å²) in [6.45, 7) is 3.95. The van der Waals surface area contributed by atoms with Crippen LogP contribution in [-0.2, 0) is 4.79 Å². The molecule has 2 N–H and O–H groups in total. The lowest BCUT2D eigenvalue weighted by Gasteiger charge is -2.06. The van der Waals surface area contributed by atoms with Gasteiger partial charge in [0.15, 0.2) is 17.3 Å². The Morgan fingerprint density at radius 2 is 2.00 bits per heavy atom. The quantitative estimate of drug-likeness (QED) is 0.537. The molecule has 1 aromatic carbocycles. The van der Waals surface area contributed by atoms with Crippen LogP contribution in [0.5, 0.6) is 11.5 Å². The van der Waals surface area contributed by atoms with Gasteiger partial charge in [-0.15, -0.1) is 10.2 Å². The van der Waals surface area contributed by atoms with E-state index in [1.165, 1.54) is 18.1 Å². The summed E-state index contributed by atoms with van der Waals surface area (Å²) in [5.74, 6) is 1.54. The van der Waals surface area contributed by atoms with Gasteiger partial charge >= 0.3 is 0 Å². The molecule has 0 fully saturated rings. The smallest absolute Gasteiger partial charge is 0.271 e. The third-order valence-corrected chi connectivity index (χ3v) is 5.05. The molecule has 3 aromatic rings. The van der Waals surface area contributed by atoms with Gasteiger partial charge in [0.05, 0.1) is 5.75 Å². The molecule has 4 rings (SSSR count). The van der Waals surface area contributed by atoms with Crippen LogP contribution >= 0.6 is 11.8 Å². The summed E-state index contributed by atoms with van der Waals surface area (Å²) in [7, 11) is 0. The zero-order chi connectivity index (χ0) is 21.8. The number of thioether (sulfide) groups is 1. The molecule has 0 bridgehead atoms. The van der Waals surface area contributed by atoms with Gasteiger partial charge in [-0.2, -0.15) is 0 Å². The standard InChI is InChI=1S/C20H20N6O4S/c1-12(2)22-20(28)14-8-26(10-21-14)17-5-6-19(25-24-17)31-9-18(27)23-13-3-4-15-16(7-13)30-11-29-15/h3-8,10,12H,9,11H2,1-2H3,(H,22,28)(H,23,27). The van der Waals surface area contributed by atoms with Gasteiger partial charge in [0.1, 0.15) is 17.0 Å². The van der Waals surface area contributed by atoms with Gasteiger partial charge in [0.25, 0.3) is 5.91 Å². The lowest BCUT2D eigenvalue weighted by Crippen LogP contribution is -2.30. The van der Waals surface area contributed by atoms with Crippen molar-refractivity contribution in [2.24, 2.45) is 0 Å². The number of imidazole rings is 1. The fourth-order valence-electron chi connectivity index (χ4n) is 2.74. The molecule has 31 heavy (non-hydrogen) atoms. The number of hydrogen-bond donors (Lipinski definition) is 2. The summed E-state index contributed by atoms with van der Waals surface area (Å²) in [4.78, 5) is 28.3. The van der Waals surface area contributed by atoms with E-state index in [-0.39, 0.29) is 30.4 Å². The minimum Gasteiger partial charge on any atom is -0.454 e. The van der Waals surface area contributed by atoms with E-state index in [0.29, 0.717) is 33.7 Å². The SMILES string of the molecule is CC(C)NC(=O)c1cn(-c2ccc(SCC(=O)Nc3ccc4c(c3)OCO4)nn2)cn1. The number of carbonyl (C=O) groups excluding carboxylic acids is 2. The minimum absolute atomic E-state index is 0.0241. The number of amides is 2. The van der Waals surface area contributed by atoms with Crippen LogP contribution in [-0.4, -0.2) is 50.2 Å². The second kappa shape index (κ2) is 9.04. The molecule has 3 heterocycles. The zero-order valence-electron chi connectivity index (χ0n) is 16.9. The van der Waals surface area contributed by atoms with Gasteiger partial charge in [0.2, 0.25) is 12.7 Å². The van der Waals surface area contributed by atoms with Crippen LogP contribution in [0.4, 0.5) is 5.69 Å². The van der Waals surface area contributed by atoms with E-state index in [4.69, 9.17) is 9.47 Å². The first kappa shape index (κ1) is 20.7. The van der Waals surface area contributed by atoms with Crippen molar-refractivity contribution >= 4 is 29.3 Å². The third kappa shape index (κ3) is 5.12. The van der Waals surface area contributed by atoms with Crippen molar-refractivity contribution < 1.29 is 19.1 Å². The van der Waals surface area contributed by atoms with Crippen molar-refractivity contribution in [3.8, 4) is 17.3 Å². The van der Waals surface area contributed by atoms with Crippen molar-refractivity contribution in [1.82, 2.24) is 25.1 Å². The second-order valence-corrected chi connectivity index (χ2v) is 7.92. The Labute approximate surface area is 182 Å². The third-order valence-electron chi connectivity index (χ3n) is 4.13. The molecule has 0 radical (unpaired) electrons. The number of nitrogens with zero attached hydrogens (tertiary/aromatic N) is 4. The first-order valence-corrected chi connectivity index (χ1v) is 10.5. The van der Waals surface area contributed by atoms with Crippen LogP contribution in [0.1, 0.15) is 24.3 Å². The van der Waals surface area contributed by atoms with Crippen LogP contribution in [0.3, 0.4) is 0 Å². The van der Waals surface area contributed by atoms with Gasteiger partial charge in [-0.05, 0) is 38.1 Å². The van der Waals surface area contributed by atoms with E-state index in [9.17, 15) is 9.59 Å². The maximum absolute atomic E-state index is 12.2. The molecule has 0 atom stereocenters. The molecule has 0 saturated carbocycles. The first-order chi connectivity index (χ1) is 15.0. The summed E-state index contributed by atoms with van der Waals surface area (Å²) in [6, 6.07) is 8.76. The predicted octanol–water partition coefficient (Wildman–Crippen LogP) is 2.26. The lowest BCUT2D eigenvalue weighted by molar-refractivity contribution is -0.113. The number of ether oxygens (including phenoxy) is 2. The molecule has 1 aliphatic rings. The minimum atomic E-state index is -0.248. The number of fused-ring (bicyclic) bond motifs is 1. The van der Waals surface area contributed by atoms with E-state index in [2.05, 4.69) is 25.8 Å². The predicted molar refractivity (Wildman–Crippen MR) is 114 cm³/mol.